The lowest BCUT2D eigenvalue weighted by Crippen LogP contribution is -2.42. The number of methoxy groups -OCH3 is 1. The molecule has 7 atom stereocenters. The van der Waals surface area contributed by atoms with Crippen molar-refractivity contribution in [3.63, 3.8) is 0 Å². The molecule has 4 aliphatic heterocycles. The van der Waals surface area contributed by atoms with Crippen LogP contribution < -0.4 is 30.7 Å². The molecule has 19 nitrogen and oxygen atoms in total. The molecule has 2 aromatic carbocycles. The molecule has 72 heavy (non-hydrogen) atoms. The summed E-state index contributed by atoms with van der Waals surface area (Å²) in [5.41, 5.74) is 2.81. The van der Waals surface area contributed by atoms with Gasteiger partial charge >= 0.3 is 12.1 Å². The largest absolute Gasteiger partial charge is 0.494 e. The number of fused-ring (bicyclic) bond motifs is 1. The Balaban J connectivity index is 0.600. The summed E-state index contributed by atoms with van der Waals surface area (Å²) in [6, 6.07) is 14.4. The monoisotopic (exact) mass is 1020 g/mol. The number of aromatic nitrogens is 3. The van der Waals surface area contributed by atoms with Crippen LogP contribution in [0.4, 0.5) is 9.59 Å². The lowest BCUT2D eigenvalue weighted by atomic mass is 9.75. The average molecular weight is 1020 g/mol. The lowest BCUT2D eigenvalue weighted by Gasteiger charge is -2.38. The summed E-state index contributed by atoms with van der Waals surface area (Å²) in [6.45, 7) is 6.68. The van der Waals surface area contributed by atoms with Gasteiger partial charge in [0.25, 0.3) is 0 Å². The van der Waals surface area contributed by atoms with Gasteiger partial charge in [-0.1, -0.05) is 17.7 Å². The van der Waals surface area contributed by atoms with Crippen molar-refractivity contribution in [2.24, 2.45) is 5.92 Å². The number of alkyl carbamates (subject to hydrolysis) is 1. The van der Waals surface area contributed by atoms with Gasteiger partial charge in [-0.25, -0.2) is 9.59 Å². The van der Waals surface area contributed by atoms with Crippen LogP contribution in [0, 0.1) is 5.92 Å². The summed E-state index contributed by atoms with van der Waals surface area (Å²) in [5.74, 6) is 2.01. The number of amides is 4. The molecule has 0 radical (unpaired) electrons. The Morgan fingerprint density at radius 3 is 2.36 bits per heavy atom. The summed E-state index contributed by atoms with van der Waals surface area (Å²) in [6.07, 6.45) is 12.9. The van der Waals surface area contributed by atoms with E-state index in [2.05, 4.69) is 37.7 Å². The van der Waals surface area contributed by atoms with Gasteiger partial charge in [0.2, 0.25) is 5.91 Å². The Kier molecular flexibility index (Phi) is 19.2. The first-order chi connectivity index (χ1) is 35.1. The van der Waals surface area contributed by atoms with Crippen molar-refractivity contribution in [3.05, 3.63) is 83.2 Å². The number of nitrogens with zero attached hydrogens (tertiary/aromatic N) is 3. The maximum absolute atomic E-state index is 13.2. The van der Waals surface area contributed by atoms with Crippen LogP contribution in [0.15, 0.2) is 66.4 Å². The van der Waals surface area contributed by atoms with Crippen LogP contribution >= 0.6 is 11.8 Å². The van der Waals surface area contributed by atoms with Crippen LogP contribution in [0.5, 0.6) is 11.5 Å². The van der Waals surface area contributed by atoms with Crippen molar-refractivity contribution < 1.29 is 57.1 Å². The summed E-state index contributed by atoms with van der Waals surface area (Å²) < 4.78 is 48.5. The minimum atomic E-state index is -0.596. The fourth-order valence-electron chi connectivity index (χ4n) is 10.0. The van der Waals surface area contributed by atoms with Crippen molar-refractivity contribution in [2.75, 3.05) is 72.2 Å². The number of allylic oxidation sites excluding steroid dienone is 1. The predicted molar refractivity (Wildman–Crippen MR) is 267 cm³/mol. The molecule has 4 fully saturated rings. The van der Waals surface area contributed by atoms with Crippen molar-refractivity contribution in [3.8, 4) is 11.5 Å². The fraction of sp³-hybridized carbons (Fsp3) is 0.615. The van der Waals surface area contributed by atoms with Gasteiger partial charge in [0, 0.05) is 81.2 Å². The van der Waals surface area contributed by atoms with E-state index >= 15 is 0 Å². The van der Waals surface area contributed by atoms with Gasteiger partial charge in [-0.2, -0.15) is 11.8 Å². The number of unbranched alkanes of at least 4 members (excludes halogenated alkanes) is 1. The molecule has 4 amide bonds. The second kappa shape index (κ2) is 26.1. The zero-order chi connectivity index (χ0) is 50.2. The molecule has 4 saturated heterocycles. The molecular formula is C52H71N7O12S. The topological polar surface area (TPSA) is 221 Å². The summed E-state index contributed by atoms with van der Waals surface area (Å²) in [7, 11) is 1.71. The highest BCUT2D eigenvalue weighted by molar-refractivity contribution is 8.00. The second-order valence-corrected chi connectivity index (χ2v) is 20.5. The SMILES string of the molecule is COC1(C)CC2OCC3=CC[C@H](CCCOCc4cn(CCCOc5ccc(C(=O)c6ccc(OCCCOC(=O)NCCOCCNC(=O)CCCC[C@@H]7SC[C@@H]8NC(=O)N[C@@H]87)cc6)cc5)nn4)C[C@]32O1. The van der Waals surface area contributed by atoms with Gasteiger partial charge in [0.05, 0.1) is 70.6 Å². The summed E-state index contributed by atoms with van der Waals surface area (Å²) in [4.78, 5) is 48.9. The van der Waals surface area contributed by atoms with Crippen LogP contribution in [0.25, 0.3) is 0 Å². The van der Waals surface area contributed by atoms with Crippen LogP contribution in [-0.2, 0) is 46.4 Å². The van der Waals surface area contributed by atoms with E-state index in [0.29, 0.717) is 99.4 Å². The number of benzene rings is 2. The van der Waals surface area contributed by atoms with E-state index in [4.69, 9.17) is 37.9 Å². The number of ketones is 1. The minimum Gasteiger partial charge on any atom is -0.494 e. The lowest BCUT2D eigenvalue weighted by molar-refractivity contribution is -0.223. The Morgan fingerprint density at radius 2 is 1.60 bits per heavy atom. The van der Waals surface area contributed by atoms with E-state index < -0.39 is 11.9 Å². The normalized spacial score (nSPS) is 24.9. The maximum Gasteiger partial charge on any atom is 0.407 e. The zero-order valence-corrected chi connectivity index (χ0v) is 42.4. The Hall–Kier alpha value is -5.25. The van der Waals surface area contributed by atoms with Crippen LogP contribution in [0.3, 0.4) is 0 Å². The van der Waals surface area contributed by atoms with Crippen molar-refractivity contribution in [2.45, 2.75) is 126 Å². The maximum atomic E-state index is 13.2. The number of aryl methyl sites for hydroxylation is 1. The quantitative estimate of drug-likeness (QED) is 0.0265. The highest BCUT2D eigenvalue weighted by Gasteiger charge is 2.61. The number of hydrogen-bond acceptors (Lipinski definition) is 15. The third-order valence-electron chi connectivity index (χ3n) is 13.9. The van der Waals surface area contributed by atoms with Crippen molar-refractivity contribution >= 4 is 35.6 Å². The van der Waals surface area contributed by atoms with E-state index in [1.165, 1.54) is 5.57 Å². The van der Waals surface area contributed by atoms with Gasteiger partial charge < -0.3 is 59.2 Å². The number of urea groups is 1. The molecule has 2 unspecified atom stereocenters. The molecule has 4 N–H and O–H groups in total. The third-order valence-corrected chi connectivity index (χ3v) is 15.4. The van der Waals surface area contributed by atoms with Gasteiger partial charge in [0.1, 0.15) is 22.8 Å². The molecule has 1 spiro atoms. The number of nitrogens with one attached hydrogen (secondary N) is 4. The van der Waals surface area contributed by atoms with Crippen LogP contribution in [0.2, 0.25) is 0 Å². The molecule has 8 rings (SSSR count). The number of carbonyl (C=O) groups is 4. The second-order valence-electron chi connectivity index (χ2n) is 19.2. The molecule has 0 saturated carbocycles. The molecule has 0 bridgehead atoms. The van der Waals surface area contributed by atoms with E-state index in [9.17, 15) is 19.2 Å². The highest BCUT2D eigenvalue weighted by atomic mass is 32.2. The van der Waals surface area contributed by atoms with Gasteiger partial charge in [-0.15, -0.1) is 5.10 Å². The van der Waals surface area contributed by atoms with Gasteiger partial charge in [-0.05, 0) is 105 Å². The first kappa shape index (κ1) is 53.1. The summed E-state index contributed by atoms with van der Waals surface area (Å²) in [5, 5.41) is 20.4. The Labute approximate surface area is 425 Å². The van der Waals surface area contributed by atoms with E-state index in [-0.39, 0.29) is 61.3 Å². The van der Waals surface area contributed by atoms with E-state index in [1.54, 1.807) is 60.3 Å². The van der Waals surface area contributed by atoms with Gasteiger partial charge in [0.15, 0.2) is 11.6 Å². The Bertz CT molecular complexity index is 2280. The van der Waals surface area contributed by atoms with Gasteiger partial charge in [-0.3, -0.25) is 14.3 Å². The fourth-order valence-corrected chi connectivity index (χ4v) is 11.6. The molecule has 5 aliphatic rings. The minimum absolute atomic E-state index is 0.0120. The smallest absolute Gasteiger partial charge is 0.407 e. The molecule has 5 heterocycles. The first-order valence-corrected chi connectivity index (χ1v) is 26.6. The Morgan fingerprint density at radius 1 is 0.847 bits per heavy atom. The molecule has 20 heteroatoms. The average Bonchev–Trinajstić information content (AvgIpc) is 4.21. The molecular weight excluding hydrogens is 947 g/mol. The standard InChI is InChI=1S/C52H71N7O12S/c1-51(64-2)31-45-52(71-51)30-36(11-16-39(52)33-70-45)8-5-24-66-34-40-32-59(58-57-40)23-6-25-67-41-17-12-37(13-18-41)48(61)38-14-19-42(20-15-38)68-26-7-27-69-50(63)54-22-29-65-28-21-53-46(60)10-4-3-9-44-47-43(35-72-44)55-49(62)56-47/h12-20,32,36,43-45,47H,3-11,21-31,33-35H2,1-2H3,(H,53,60)(H,54,63)(H2,55,56,62)/t36-,43-,44-,45?,47-,51?,52-/m0/s1. The third kappa shape index (κ3) is 14.7. The summed E-state index contributed by atoms with van der Waals surface area (Å²) >= 11 is 1.88. The first-order valence-electron chi connectivity index (χ1n) is 25.6. The number of rotatable bonds is 30. The molecule has 1 aromatic heterocycles. The van der Waals surface area contributed by atoms with E-state index in [1.807, 2.05) is 24.9 Å². The number of hydrogen-bond donors (Lipinski definition) is 4. The van der Waals surface area contributed by atoms with Crippen molar-refractivity contribution in [1.82, 2.24) is 36.3 Å². The number of carbonyl (C=O) groups excluding carboxylic acids is 4. The zero-order valence-electron chi connectivity index (χ0n) is 41.6. The van der Waals surface area contributed by atoms with Crippen LogP contribution in [-0.4, -0.2) is 146 Å². The molecule has 1 aliphatic carbocycles. The number of ether oxygens (including phenoxy) is 8. The van der Waals surface area contributed by atoms with E-state index in [0.717, 1.165) is 69.2 Å². The highest BCUT2D eigenvalue weighted by Crippen LogP contribution is 2.54. The molecule has 392 valence electrons. The van der Waals surface area contributed by atoms with Crippen molar-refractivity contribution in [1.29, 1.82) is 0 Å². The van der Waals surface area contributed by atoms with Crippen LogP contribution in [0.1, 0.15) is 99.2 Å². The number of thioether (sulfide) groups is 1. The molecule has 3 aromatic rings. The predicted octanol–water partition coefficient (Wildman–Crippen LogP) is 5.89.